The normalized spacial score (nSPS) is 15.9. The molecule has 16 heavy (non-hydrogen) atoms. The summed E-state index contributed by atoms with van der Waals surface area (Å²) >= 11 is 0. The molecule has 1 fully saturated rings. The molecule has 92 valence electrons. The summed E-state index contributed by atoms with van der Waals surface area (Å²) in [5, 5.41) is 5.82. The molecule has 0 heterocycles. The Bertz CT molecular complexity index is 248. The van der Waals surface area contributed by atoms with Gasteiger partial charge in [-0.2, -0.15) is 0 Å². The Labute approximate surface area is 96.9 Å². The van der Waals surface area contributed by atoms with E-state index in [2.05, 4.69) is 22.5 Å². The molecule has 0 aromatic heterocycles. The number of guanidine groups is 1. The molecule has 0 aromatic rings. The highest BCUT2D eigenvalue weighted by molar-refractivity contribution is 5.81. The molecule has 5 heteroatoms. The molecule has 1 aliphatic rings. The van der Waals surface area contributed by atoms with Crippen molar-refractivity contribution >= 4 is 11.9 Å². The third kappa shape index (κ3) is 5.58. The van der Waals surface area contributed by atoms with Crippen LogP contribution in [0, 0.1) is 5.92 Å². The summed E-state index contributed by atoms with van der Waals surface area (Å²) in [5.41, 5.74) is 5.63. The van der Waals surface area contributed by atoms with Crippen molar-refractivity contribution in [3.05, 3.63) is 0 Å². The number of unbranched alkanes of at least 4 members (excludes halogenated alkanes) is 1. The zero-order valence-electron chi connectivity index (χ0n) is 9.96. The molecule has 1 rings (SSSR count). The lowest BCUT2D eigenvalue weighted by Crippen LogP contribution is -2.38. The number of hydrogen-bond acceptors (Lipinski definition) is 2. The van der Waals surface area contributed by atoms with Crippen LogP contribution in [0.5, 0.6) is 0 Å². The van der Waals surface area contributed by atoms with Crippen LogP contribution in [0.2, 0.25) is 0 Å². The van der Waals surface area contributed by atoms with Gasteiger partial charge in [0.2, 0.25) is 5.91 Å². The summed E-state index contributed by atoms with van der Waals surface area (Å²) in [7, 11) is 0. The first-order valence-corrected chi connectivity index (χ1v) is 6.05. The molecule has 0 unspecified atom stereocenters. The number of nitrogens with one attached hydrogen (secondary N) is 2. The summed E-state index contributed by atoms with van der Waals surface area (Å²) in [4.78, 5) is 15.4. The largest absolute Gasteiger partial charge is 0.370 e. The average molecular weight is 226 g/mol. The van der Waals surface area contributed by atoms with Crippen LogP contribution >= 0.6 is 0 Å². The Morgan fingerprint density at radius 1 is 1.38 bits per heavy atom. The highest BCUT2D eigenvalue weighted by Crippen LogP contribution is 2.28. The van der Waals surface area contributed by atoms with Crippen LogP contribution < -0.4 is 16.4 Å². The summed E-state index contributed by atoms with van der Waals surface area (Å²) in [6.07, 6.45) is 4.26. The van der Waals surface area contributed by atoms with E-state index in [9.17, 15) is 4.79 Å². The second-order valence-electron chi connectivity index (χ2n) is 4.11. The maximum absolute atomic E-state index is 11.3. The predicted octanol–water partition coefficient (Wildman–Crippen LogP) is 0.217. The molecule has 1 aliphatic carbocycles. The molecular formula is C11H22N4O. The van der Waals surface area contributed by atoms with Crippen molar-refractivity contribution in [1.29, 1.82) is 0 Å². The van der Waals surface area contributed by atoms with Crippen LogP contribution in [0.25, 0.3) is 0 Å². The van der Waals surface area contributed by atoms with Crippen molar-refractivity contribution in [2.75, 3.05) is 19.6 Å². The minimum absolute atomic E-state index is 0.170. The van der Waals surface area contributed by atoms with E-state index < -0.39 is 0 Å². The molecule has 1 saturated carbocycles. The fourth-order valence-electron chi connectivity index (χ4n) is 1.28. The molecule has 0 saturated heterocycles. The average Bonchev–Trinajstić information content (AvgIpc) is 3.08. The molecule has 0 bridgehead atoms. The van der Waals surface area contributed by atoms with Crippen molar-refractivity contribution in [3.8, 4) is 0 Å². The van der Waals surface area contributed by atoms with Gasteiger partial charge in [-0.05, 0) is 19.3 Å². The number of nitrogens with zero attached hydrogens (tertiary/aromatic N) is 1. The van der Waals surface area contributed by atoms with Crippen molar-refractivity contribution in [1.82, 2.24) is 10.6 Å². The van der Waals surface area contributed by atoms with Crippen LogP contribution in [0.4, 0.5) is 0 Å². The van der Waals surface area contributed by atoms with Gasteiger partial charge in [0, 0.05) is 25.6 Å². The number of carbonyl (C=O) groups excluding carboxylic acids is 1. The van der Waals surface area contributed by atoms with Crippen LogP contribution in [0.15, 0.2) is 4.99 Å². The number of carbonyl (C=O) groups is 1. The molecule has 0 atom stereocenters. The standard InChI is InChI=1S/C11H22N4O/c1-2-3-6-14-11(12)15-8-7-13-10(16)9-4-5-9/h9H,2-8H2,1H3,(H,13,16)(H3,12,14,15). The highest BCUT2D eigenvalue weighted by atomic mass is 16.2. The maximum Gasteiger partial charge on any atom is 0.223 e. The van der Waals surface area contributed by atoms with Crippen molar-refractivity contribution < 1.29 is 4.79 Å². The predicted molar refractivity (Wildman–Crippen MR) is 65.1 cm³/mol. The number of amides is 1. The quantitative estimate of drug-likeness (QED) is 0.330. The van der Waals surface area contributed by atoms with E-state index in [4.69, 9.17) is 5.73 Å². The Kier molecular flexibility index (Phi) is 5.67. The van der Waals surface area contributed by atoms with Gasteiger partial charge >= 0.3 is 0 Å². The Hall–Kier alpha value is -1.26. The molecular weight excluding hydrogens is 204 g/mol. The maximum atomic E-state index is 11.3. The van der Waals surface area contributed by atoms with Crippen molar-refractivity contribution in [3.63, 3.8) is 0 Å². The minimum Gasteiger partial charge on any atom is -0.370 e. The van der Waals surface area contributed by atoms with Gasteiger partial charge < -0.3 is 16.4 Å². The van der Waals surface area contributed by atoms with Crippen LogP contribution in [-0.2, 0) is 4.79 Å². The smallest absolute Gasteiger partial charge is 0.223 e. The fraction of sp³-hybridized carbons (Fsp3) is 0.818. The van der Waals surface area contributed by atoms with E-state index in [1.807, 2.05) is 0 Å². The van der Waals surface area contributed by atoms with Crippen molar-refractivity contribution in [2.24, 2.45) is 16.6 Å². The highest BCUT2D eigenvalue weighted by Gasteiger charge is 2.28. The van der Waals surface area contributed by atoms with Gasteiger partial charge in [0.25, 0.3) is 0 Å². The molecule has 0 aliphatic heterocycles. The van der Waals surface area contributed by atoms with Crippen LogP contribution in [-0.4, -0.2) is 31.5 Å². The first-order valence-electron chi connectivity index (χ1n) is 6.05. The zero-order valence-corrected chi connectivity index (χ0v) is 9.96. The molecule has 5 nitrogen and oxygen atoms in total. The molecule has 4 N–H and O–H groups in total. The van der Waals surface area contributed by atoms with E-state index in [1.54, 1.807) is 0 Å². The Morgan fingerprint density at radius 3 is 2.69 bits per heavy atom. The fourth-order valence-corrected chi connectivity index (χ4v) is 1.28. The molecule has 0 aromatic carbocycles. The summed E-state index contributed by atoms with van der Waals surface area (Å²) in [5.74, 6) is 0.910. The number of aliphatic imine (C=N–C) groups is 1. The minimum atomic E-state index is 0.170. The lowest BCUT2D eigenvalue weighted by Gasteiger charge is -2.06. The SMILES string of the molecule is CCCCN=C(N)NCCNC(=O)C1CC1. The summed E-state index contributed by atoms with van der Waals surface area (Å²) in [6, 6.07) is 0. The first kappa shape index (κ1) is 12.8. The number of hydrogen-bond donors (Lipinski definition) is 3. The summed E-state index contributed by atoms with van der Waals surface area (Å²) in [6.45, 7) is 4.13. The van der Waals surface area contributed by atoms with E-state index in [1.165, 1.54) is 0 Å². The lowest BCUT2D eigenvalue weighted by molar-refractivity contribution is -0.122. The van der Waals surface area contributed by atoms with Gasteiger partial charge in [0.1, 0.15) is 0 Å². The monoisotopic (exact) mass is 226 g/mol. The number of rotatable bonds is 7. The lowest BCUT2D eigenvalue weighted by atomic mass is 10.3. The topological polar surface area (TPSA) is 79.5 Å². The van der Waals surface area contributed by atoms with Gasteiger partial charge in [0.05, 0.1) is 0 Å². The first-order chi connectivity index (χ1) is 7.74. The third-order valence-electron chi connectivity index (χ3n) is 2.47. The van der Waals surface area contributed by atoms with Gasteiger partial charge in [-0.25, -0.2) is 0 Å². The molecule has 1 amide bonds. The van der Waals surface area contributed by atoms with E-state index in [0.29, 0.717) is 19.0 Å². The summed E-state index contributed by atoms with van der Waals surface area (Å²) < 4.78 is 0. The van der Waals surface area contributed by atoms with Crippen molar-refractivity contribution in [2.45, 2.75) is 32.6 Å². The van der Waals surface area contributed by atoms with Gasteiger partial charge in [-0.15, -0.1) is 0 Å². The third-order valence-corrected chi connectivity index (χ3v) is 2.47. The molecule has 0 spiro atoms. The zero-order chi connectivity index (χ0) is 11.8. The second-order valence-corrected chi connectivity index (χ2v) is 4.11. The van der Waals surface area contributed by atoms with E-state index in [0.717, 1.165) is 32.2 Å². The van der Waals surface area contributed by atoms with Crippen LogP contribution in [0.3, 0.4) is 0 Å². The number of nitrogens with two attached hydrogens (primary N) is 1. The van der Waals surface area contributed by atoms with E-state index in [-0.39, 0.29) is 11.8 Å². The van der Waals surface area contributed by atoms with Gasteiger partial charge in [-0.1, -0.05) is 13.3 Å². The van der Waals surface area contributed by atoms with Gasteiger partial charge in [0.15, 0.2) is 5.96 Å². The Balaban J connectivity index is 1.96. The second kappa shape index (κ2) is 7.09. The van der Waals surface area contributed by atoms with Gasteiger partial charge in [-0.3, -0.25) is 9.79 Å². The van der Waals surface area contributed by atoms with Crippen LogP contribution in [0.1, 0.15) is 32.6 Å². The molecule has 0 radical (unpaired) electrons. The van der Waals surface area contributed by atoms with E-state index >= 15 is 0 Å². The Morgan fingerprint density at radius 2 is 2.06 bits per heavy atom.